The van der Waals surface area contributed by atoms with Gasteiger partial charge in [-0.25, -0.2) is 4.79 Å². The fourth-order valence-corrected chi connectivity index (χ4v) is 5.13. The zero-order chi connectivity index (χ0) is 22.4. The SMILES string of the molecule is O=C(O)/C(=C\c1cc(I)c(OCc2ccc(I)cc2)c(I)c1)NC(=O)c1ccccc1. The molecule has 0 saturated carbocycles. The van der Waals surface area contributed by atoms with E-state index < -0.39 is 11.9 Å². The number of hydrogen-bond donors (Lipinski definition) is 2. The summed E-state index contributed by atoms with van der Waals surface area (Å²) < 4.78 is 8.86. The standard InChI is InChI=1S/C23H16I3NO4/c24-17-8-6-14(7-9-17)13-31-21-18(25)10-15(11-19(21)26)12-20(23(29)30)27-22(28)16-4-2-1-3-5-16/h1-12H,13H2,(H,27,28)(H,29,30)/b20-12+. The quantitative estimate of drug-likeness (QED) is 0.232. The number of carbonyl (C=O) groups excluding carboxylic acids is 1. The first-order valence-electron chi connectivity index (χ1n) is 9.01. The number of carboxylic acids is 1. The predicted molar refractivity (Wildman–Crippen MR) is 145 cm³/mol. The van der Waals surface area contributed by atoms with Gasteiger partial charge in [0.25, 0.3) is 5.91 Å². The number of amides is 1. The van der Waals surface area contributed by atoms with Gasteiger partial charge in [0, 0.05) is 9.13 Å². The summed E-state index contributed by atoms with van der Waals surface area (Å²) >= 11 is 6.59. The molecule has 0 bridgehead atoms. The Morgan fingerprint density at radius 3 is 2.13 bits per heavy atom. The Morgan fingerprint density at radius 1 is 0.935 bits per heavy atom. The zero-order valence-electron chi connectivity index (χ0n) is 15.9. The van der Waals surface area contributed by atoms with Crippen LogP contribution in [0.15, 0.2) is 72.4 Å². The molecule has 0 saturated heterocycles. The predicted octanol–water partition coefficient (Wildman–Crippen LogP) is 5.93. The van der Waals surface area contributed by atoms with Crippen LogP contribution in [0.25, 0.3) is 6.08 Å². The number of halogens is 3. The average Bonchev–Trinajstić information content (AvgIpc) is 2.74. The highest BCUT2D eigenvalue weighted by Gasteiger charge is 2.15. The zero-order valence-corrected chi connectivity index (χ0v) is 22.4. The lowest BCUT2D eigenvalue weighted by atomic mass is 10.1. The molecule has 3 aromatic carbocycles. The smallest absolute Gasteiger partial charge is 0.352 e. The van der Waals surface area contributed by atoms with E-state index in [9.17, 15) is 14.7 Å². The van der Waals surface area contributed by atoms with E-state index >= 15 is 0 Å². The van der Waals surface area contributed by atoms with Crippen LogP contribution in [0.1, 0.15) is 21.5 Å². The summed E-state index contributed by atoms with van der Waals surface area (Å²) in [5, 5.41) is 12.0. The third-order valence-electron chi connectivity index (χ3n) is 4.14. The van der Waals surface area contributed by atoms with Crippen LogP contribution in [-0.2, 0) is 11.4 Å². The number of rotatable bonds is 7. The molecule has 2 N–H and O–H groups in total. The van der Waals surface area contributed by atoms with Gasteiger partial charge in [-0.3, -0.25) is 4.79 Å². The Morgan fingerprint density at radius 2 is 1.55 bits per heavy atom. The van der Waals surface area contributed by atoms with E-state index in [-0.39, 0.29) is 5.70 Å². The second-order valence-corrected chi connectivity index (χ2v) is 9.98. The fraction of sp³-hybridized carbons (Fsp3) is 0.0435. The van der Waals surface area contributed by atoms with Gasteiger partial charge in [-0.2, -0.15) is 0 Å². The van der Waals surface area contributed by atoms with Gasteiger partial charge in [-0.15, -0.1) is 0 Å². The number of carbonyl (C=O) groups is 2. The van der Waals surface area contributed by atoms with Crippen molar-refractivity contribution in [3.63, 3.8) is 0 Å². The van der Waals surface area contributed by atoms with Crippen LogP contribution in [0.2, 0.25) is 0 Å². The summed E-state index contributed by atoms with van der Waals surface area (Å²) in [7, 11) is 0. The molecule has 1 amide bonds. The lowest BCUT2D eigenvalue weighted by Crippen LogP contribution is -2.27. The highest BCUT2D eigenvalue weighted by atomic mass is 127. The van der Waals surface area contributed by atoms with Crippen LogP contribution in [-0.4, -0.2) is 17.0 Å². The minimum absolute atomic E-state index is 0.201. The fourth-order valence-electron chi connectivity index (χ4n) is 2.64. The monoisotopic (exact) mass is 751 g/mol. The Hall–Kier alpha value is -1.67. The minimum Gasteiger partial charge on any atom is -0.487 e. The Balaban J connectivity index is 1.79. The van der Waals surface area contributed by atoms with Crippen LogP contribution in [0.3, 0.4) is 0 Å². The molecule has 0 fully saturated rings. The normalized spacial score (nSPS) is 11.1. The summed E-state index contributed by atoms with van der Waals surface area (Å²) in [6.07, 6.45) is 1.44. The van der Waals surface area contributed by atoms with Crippen LogP contribution >= 0.6 is 67.8 Å². The minimum atomic E-state index is -1.21. The van der Waals surface area contributed by atoms with E-state index in [1.807, 2.05) is 36.4 Å². The summed E-state index contributed by atoms with van der Waals surface area (Å²) in [4.78, 5) is 24.0. The molecule has 0 spiro atoms. The first kappa shape index (κ1) is 24.0. The highest BCUT2D eigenvalue weighted by molar-refractivity contribution is 14.1. The van der Waals surface area contributed by atoms with E-state index in [0.717, 1.165) is 22.0 Å². The van der Waals surface area contributed by atoms with Gasteiger partial charge in [-0.05, 0) is 121 Å². The van der Waals surface area contributed by atoms with E-state index in [2.05, 4.69) is 73.1 Å². The first-order chi connectivity index (χ1) is 14.8. The van der Waals surface area contributed by atoms with E-state index in [1.165, 1.54) is 6.08 Å². The molecule has 0 aliphatic rings. The number of aliphatic carboxylic acids is 1. The molecule has 8 heteroatoms. The number of benzene rings is 3. The molecular formula is C23H16I3NO4. The largest absolute Gasteiger partial charge is 0.487 e. The molecule has 0 atom stereocenters. The van der Waals surface area contributed by atoms with E-state index in [4.69, 9.17) is 4.74 Å². The van der Waals surface area contributed by atoms with Crippen molar-refractivity contribution in [2.75, 3.05) is 0 Å². The summed E-state index contributed by atoms with van der Waals surface area (Å²) in [5.41, 5.74) is 1.90. The van der Waals surface area contributed by atoms with Gasteiger partial charge in [0.15, 0.2) is 0 Å². The third-order valence-corrected chi connectivity index (χ3v) is 6.46. The molecule has 3 rings (SSSR count). The van der Waals surface area contributed by atoms with Crippen LogP contribution in [0.4, 0.5) is 0 Å². The van der Waals surface area contributed by atoms with Crippen LogP contribution in [0.5, 0.6) is 5.75 Å². The van der Waals surface area contributed by atoms with Crippen LogP contribution < -0.4 is 10.1 Å². The summed E-state index contributed by atoms with van der Waals surface area (Å²) in [5.74, 6) is -0.952. The highest BCUT2D eigenvalue weighted by Crippen LogP contribution is 2.30. The maximum absolute atomic E-state index is 12.3. The van der Waals surface area contributed by atoms with E-state index in [0.29, 0.717) is 17.7 Å². The van der Waals surface area contributed by atoms with Crippen molar-refractivity contribution in [2.24, 2.45) is 0 Å². The third kappa shape index (κ3) is 6.91. The molecular weight excluding hydrogens is 735 g/mol. The lowest BCUT2D eigenvalue weighted by Gasteiger charge is -2.12. The molecule has 0 radical (unpaired) electrons. The first-order valence-corrected chi connectivity index (χ1v) is 12.2. The molecule has 3 aromatic rings. The van der Waals surface area contributed by atoms with Gasteiger partial charge in [0.05, 0.1) is 7.14 Å². The van der Waals surface area contributed by atoms with Crippen molar-refractivity contribution in [1.82, 2.24) is 5.32 Å². The second-order valence-electron chi connectivity index (χ2n) is 6.41. The Labute approximate surface area is 220 Å². The topological polar surface area (TPSA) is 75.6 Å². The number of nitrogens with one attached hydrogen (secondary N) is 1. The van der Waals surface area contributed by atoms with Gasteiger partial charge < -0.3 is 15.2 Å². The summed E-state index contributed by atoms with van der Waals surface area (Å²) in [6, 6.07) is 20.2. The maximum Gasteiger partial charge on any atom is 0.352 e. The molecule has 0 aromatic heterocycles. The summed E-state index contributed by atoms with van der Waals surface area (Å²) in [6.45, 7) is 0.436. The molecule has 0 aliphatic carbocycles. The van der Waals surface area contributed by atoms with Crippen LogP contribution in [0, 0.1) is 10.7 Å². The van der Waals surface area contributed by atoms with E-state index in [1.54, 1.807) is 30.3 Å². The van der Waals surface area contributed by atoms with Gasteiger partial charge >= 0.3 is 5.97 Å². The molecule has 0 aliphatic heterocycles. The molecule has 0 unspecified atom stereocenters. The van der Waals surface area contributed by atoms with Gasteiger partial charge in [0.1, 0.15) is 18.1 Å². The second kappa shape index (κ2) is 11.3. The van der Waals surface area contributed by atoms with Crippen molar-refractivity contribution in [2.45, 2.75) is 6.61 Å². The lowest BCUT2D eigenvalue weighted by molar-refractivity contribution is -0.132. The Bertz CT molecular complexity index is 1110. The maximum atomic E-state index is 12.3. The van der Waals surface area contributed by atoms with Gasteiger partial charge in [-0.1, -0.05) is 30.3 Å². The molecule has 158 valence electrons. The molecule has 31 heavy (non-hydrogen) atoms. The average molecular weight is 751 g/mol. The molecule has 0 heterocycles. The van der Waals surface area contributed by atoms with Crippen molar-refractivity contribution in [1.29, 1.82) is 0 Å². The van der Waals surface area contributed by atoms with Crippen molar-refractivity contribution in [3.8, 4) is 5.75 Å². The number of ether oxygens (including phenoxy) is 1. The van der Waals surface area contributed by atoms with Gasteiger partial charge in [0.2, 0.25) is 0 Å². The number of carboxylic acid groups (broad SMARTS) is 1. The Kier molecular flexibility index (Phi) is 8.72. The van der Waals surface area contributed by atoms with Crippen molar-refractivity contribution < 1.29 is 19.4 Å². The van der Waals surface area contributed by atoms with Crippen molar-refractivity contribution >= 4 is 85.7 Å². The number of hydrogen-bond acceptors (Lipinski definition) is 3. The van der Waals surface area contributed by atoms with Crippen molar-refractivity contribution in [3.05, 3.63) is 99.8 Å². The molecule has 5 nitrogen and oxygen atoms in total.